The Hall–Kier alpha value is -2.89. The van der Waals surface area contributed by atoms with Gasteiger partial charge in [0.1, 0.15) is 0 Å². The molecule has 0 spiro atoms. The molecule has 1 aromatic carbocycles. The summed E-state index contributed by atoms with van der Waals surface area (Å²) in [5.41, 5.74) is 4.88. The number of hydrogen-bond acceptors (Lipinski definition) is 4. The lowest BCUT2D eigenvalue weighted by Crippen LogP contribution is -2.26. The molecule has 144 valence electrons. The van der Waals surface area contributed by atoms with Gasteiger partial charge in [-0.3, -0.25) is 9.48 Å². The van der Waals surface area contributed by atoms with Gasteiger partial charge in [0.05, 0.1) is 17.1 Å². The van der Waals surface area contributed by atoms with Crippen molar-refractivity contribution >= 4 is 22.6 Å². The molecule has 5 rings (SSSR count). The van der Waals surface area contributed by atoms with Crippen LogP contribution in [0.3, 0.4) is 0 Å². The summed E-state index contributed by atoms with van der Waals surface area (Å²) >= 11 is 0. The third-order valence-corrected chi connectivity index (χ3v) is 5.84. The van der Waals surface area contributed by atoms with E-state index in [4.69, 9.17) is 4.98 Å². The maximum absolute atomic E-state index is 13.1. The molecular weight excluding hydrogens is 350 g/mol. The van der Waals surface area contributed by atoms with E-state index < -0.39 is 0 Å². The highest BCUT2D eigenvalue weighted by molar-refractivity contribution is 6.05. The van der Waals surface area contributed by atoms with Crippen LogP contribution in [0.2, 0.25) is 0 Å². The van der Waals surface area contributed by atoms with Gasteiger partial charge < -0.3 is 10.2 Å². The van der Waals surface area contributed by atoms with Gasteiger partial charge >= 0.3 is 0 Å². The Balaban J connectivity index is 1.41. The lowest BCUT2D eigenvalue weighted by Gasteiger charge is -2.21. The number of carbonyl (C=O) groups excluding carboxylic acids is 1. The Labute approximate surface area is 164 Å². The van der Waals surface area contributed by atoms with Crippen molar-refractivity contribution in [3.8, 4) is 0 Å². The quantitative estimate of drug-likeness (QED) is 0.743. The Kier molecular flexibility index (Phi) is 4.26. The van der Waals surface area contributed by atoms with E-state index in [0.29, 0.717) is 18.0 Å². The second-order valence-corrected chi connectivity index (χ2v) is 7.88. The Morgan fingerprint density at radius 2 is 2.00 bits per heavy atom. The summed E-state index contributed by atoms with van der Waals surface area (Å²) in [7, 11) is 1.87. The first-order valence-electron chi connectivity index (χ1n) is 10.1. The molecule has 0 radical (unpaired) electrons. The van der Waals surface area contributed by atoms with E-state index in [1.165, 1.54) is 18.5 Å². The molecule has 1 aliphatic heterocycles. The van der Waals surface area contributed by atoms with Crippen LogP contribution in [0, 0.1) is 0 Å². The molecule has 1 saturated heterocycles. The normalized spacial score (nSPS) is 16.7. The van der Waals surface area contributed by atoms with Crippen molar-refractivity contribution in [1.82, 2.24) is 20.1 Å². The maximum Gasteiger partial charge on any atom is 0.252 e. The van der Waals surface area contributed by atoms with Gasteiger partial charge in [-0.1, -0.05) is 18.2 Å². The van der Waals surface area contributed by atoms with Crippen LogP contribution in [0.25, 0.3) is 11.0 Å². The number of aryl methyl sites for hydroxylation is 1. The topological polar surface area (TPSA) is 63.1 Å². The standard InChI is InChI=1S/C22H25N5O/c1-26-21-18(14-24-26)17(12-19(25-21)15-8-9-15)22(28)23-13-16-6-2-3-7-20(16)27-10-4-5-11-27/h2-3,6-7,12,14-15H,4-5,8-11,13H2,1H3,(H,23,28). The molecular formula is C22H25N5O. The van der Waals surface area contributed by atoms with Crippen molar-refractivity contribution in [2.24, 2.45) is 7.05 Å². The van der Waals surface area contributed by atoms with Crippen LogP contribution in [0.1, 0.15) is 53.2 Å². The monoisotopic (exact) mass is 375 g/mol. The second-order valence-electron chi connectivity index (χ2n) is 7.88. The largest absolute Gasteiger partial charge is 0.371 e. The molecule has 2 fully saturated rings. The molecule has 2 aliphatic rings. The van der Waals surface area contributed by atoms with Gasteiger partial charge in [0.15, 0.2) is 5.65 Å². The third kappa shape index (κ3) is 3.13. The van der Waals surface area contributed by atoms with Gasteiger partial charge in [0.2, 0.25) is 0 Å². The molecule has 1 amide bonds. The van der Waals surface area contributed by atoms with Crippen molar-refractivity contribution in [2.45, 2.75) is 38.1 Å². The number of anilines is 1. The lowest BCUT2D eigenvalue weighted by molar-refractivity contribution is 0.0952. The Morgan fingerprint density at radius 1 is 1.21 bits per heavy atom. The molecule has 6 nitrogen and oxygen atoms in total. The number of pyridine rings is 1. The molecule has 0 unspecified atom stereocenters. The number of benzene rings is 1. The van der Waals surface area contributed by atoms with Crippen LogP contribution < -0.4 is 10.2 Å². The first-order chi connectivity index (χ1) is 13.7. The van der Waals surface area contributed by atoms with Gasteiger partial charge in [0.25, 0.3) is 5.91 Å². The molecule has 0 bridgehead atoms. The van der Waals surface area contributed by atoms with Gasteiger partial charge in [-0.25, -0.2) is 4.98 Å². The van der Waals surface area contributed by atoms with Crippen molar-refractivity contribution in [1.29, 1.82) is 0 Å². The van der Waals surface area contributed by atoms with E-state index in [0.717, 1.165) is 48.2 Å². The molecule has 2 aromatic heterocycles. The SMILES string of the molecule is Cn1ncc2c(C(=O)NCc3ccccc3N3CCCC3)cc(C3CC3)nc21. The fraction of sp³-hybridized carbons (Fsp3) is 0.409. The van der Waals surface area contributed by atoms with E-state index in [2.05, 4.69) is 33.5 Å². The van der Waals surface area contributed by atoms with Crippen LogP contribution in [-0.2, 0) is 13.6 Å². The number of hydrogen-bond donors (Lipinski definition) is 1. The van der Waals surface area contributed by atoms with E-state index in [-0.39, 0.29) is 5.91 Å². The Bertz CT molecular complexity index is 1030. The molecule has 1 aliphatic carbocycles. The molecule has 3 heterocycles. The van der Waals surface area contributed by atoms with Gasteiger partial charge in [-0.2, -0.15) is 5.10 Å². The van der Waals surface area contributed by atoms with Crippen LogP contribution in [0.5, 0.6) is 0 Å². The molecule has 28 heavy (non-hydrogen) atoms. The van der Waals surface area contributed by atoms with Crippen molar-refractivity contribution in [3.05, 3.63) is 53.3 Å². The maximum atomic E-state index is 13.1. The third-order valence-electron chi connectivity index (χ3n) is 5.84. The zero-order chi connectivity index (χ0) is 19.1. The molecule has 0 atom stereocenters. The van der Waals surface area contributed by atoms with Gasteiger partial charge in [0, 0.05) is 44.0 Å². The van der Waals surface area contributed by atoms with Crippen molar-refractivity contribution in [3.63, 3.8) is 0 Å². The lowest BCUT2D eigenvalue weighted by atomic mass is 10.1. The van der Waals surface area contributed by atoms with E-state index in [9.17, 15) is 4.79 Å². The van der Waals surface area contributed by atoms with Crippen molar-refractivity contribution < 1.29 is 4.79 Å². The van der Waals surface area contributed by atoms with Crippen LogP contribution in [0.4, 0.5) is 5.69 Å². The zero-order valence-electron chi connectivity index (χ0n) is 16.2. The van der Waals surface area contributed by atoms with Crippen LogP contribution >= 0.6 is 0 Å². The fourth-order valence-electron chi connectivity index (χ4n) is 4.11. The first-order valence-corrected chi connectivity index (χ1v) is 10.1. The summed E-state index contributed by atoms with van der Waals surface area (Å²) < 4.78 is 1.75. The summed E-state index contributed by atoms with van der Waals surface area (Å²) in [5.74, 6) is 0.431. The minimum absolute atomic E-state index is 0.0569. The predicted octanol–water partition coefficient (Wildman–Crippen LogP) is 3.38. The fourth-order valence-corrected chi connectivity index (χ4v) is 4.11. The van der Waals surface area contributed by atoms with Crippen LogP contribution in [0.15, 0.2) is 36.5 Å². The summed E-state index contributed by atoms with van der Waals surface area (Å²) in [5, 5.41) is 8.27. The minimum Gasteiger partial charge on any atom is -0.371 e. The number of para-hydroxylation sites is 1. The number of fused-ring (bicyclic) bond motifs is 1. The average molecular weight is 375 g/mol. The minimum atomic E-state index is -0.0569. The average Bonchev–Trinajstić information content (AvgIpc) is 3.30. The highest BCUT2D eigenvalue weighted by Crippen LogP contribution is 2.40. The highest BCUT2D eigenvalue weighted by atomic mass is 16.1. The smallest absolute Gasteiger partial charge is 0.252 e. The van der Waals surface area contributed by atoms with E-state index >= 15 is 0 Å². The summed E-state index contributed by atoms with van der Waals surface area (Å²) in [6.45, 7) is 2.71. The second kappa shape index (κ2) is 6.93. The summed E-state index contributed by atoms with van der Waals surface area (Å²) in [6, 6.07) is 10.3. The van der Waals surface area contributed by atoms with Gasteiger partial charge in [-0.05, 0) is 43.4 Å². The highest BCUT2D eigenvalue weighted by Gasteiger charge is 2.28. The molecule has 3 aromatic rings. The van der Waals surface area contributed by atoms with Gasteiger partial charge in [-0.15, -0.1) is 0 Å². The van der Waals surface area contributed by atoms with Crippen molar-refractivity contribution in [2.75, 3.05) is 18.0 Å². The summed E-state index contributed by atoms with van der Waals surface area (Å²) in [6.07, 6.45) is 6.52. The van der Waals surface area contributed by atoms with Crippen LogP contribution in [-0.4, -0.2) is 33.8 Å². The number of aromatic nitrogens is 3. The predicted molar refractivity (Wildman–Crippen MR) is 110 cm³/mol. The molecule has 1 N–H and O–H groups in total. The number of nitrogens with one attached hydrogen (secondary N) is 1. The van der Waals surface area contributed by atoms with E-state index in [1.807, 2.05) is 19.2 Å². The summed E-state index contributed by atoms with van der Waals surface area (Å²) in [4.78, 5) is 20.2. The Morgan fingerprint density at radius 3 is 2.79 bits per heavy atom. The zero-order valence-corrected chi connectivity index (χ0v) is 16.2. The number of amides is 1. The first kappa shape index (κ1) is 17.2. The number of carbonyl (C=O) groups is 1. The molecule has 1 saturated carbocycles. The number of nitrogens with zero attached hydrogens (tertiary/aromatic N) is 4. The number of rotatable bonds is 5. The van der Waals surface area contributed by atoms with E-state index in [1.54, 1.807) is 10.9 Å². The molecule has 6 heteroatoms.